The summed E-state index contributed by atoms with van der Waals surface area (Å²) >= 11 is 0. The predicted octanol–water partition coefficient (Wildman–Crippen LogP) is 2.94. The van der Waals surface area contributed by atoms with Crippen LogP contribution in [-0.2, 0) is 7.05 Å². The second-order valence-electron chi connectivity index (χ2n) is 4.82. The highest BCUT2D eigenvalue weighted by molar-refractivity contribution is 5.67. The number of hydrogen-bond acceptors (Lipinski definition) is 2. The normalized spacial score (nSPS) is 10.5. The Labute approximate surface area is 118 Å². The van der Waals surface area contributed by atoms with Crippen molar-refractivity contribution in [2.24, 2.45) is 7.05 Å². The van der Waals surface area contributed by atoms with Gasteiger partial charge in [-0.1, -0.05) is 18.2 Å². The molecule has 0 atom stereocenters. The molecule has 0 fully saturated rings. The summed E-state index contributed by atoms with van der Waals surface area (Å²) in [7, 11) is 2.06. The fourth-order valence-corrected chi connectivity index (χ4v) is 2.31. The molecule has 0 saturated carbocycles. The fourth-order valence-electron chi connectivity index (χ4n) is 2.31. The van der Waals surface area contributed by atoms with Crippen LogP contribution in [0.15, 0.2) is 61.2 Å². The van der Waals surface area contributed by atoms with Crippen LogP contribution in [0.25, 0.3) is 22.5 Å². The molecular weight excluding hydrogens is 246 g/mol. The minimum absolute atomic E-state index is 0.892. The zero-order valence-electron chi connectivity index (χ0n) is 11.6. The molecule has 3 aromatic rings. The van der Waals surface area contributed by atoms with Crippen LogP contribution in [0.5, 0.6) is 0 Å². The lowest BCUT2D eigenvalue weighted by atomic mass is 10.0. The van der Waals surface area contributed by atoms with E-state index in [1.165, 1.54) is 16.8 Å². The number of aryl methyl sites for hydroxylation is 2. The largest absolute Gasteiger partial charge is 0.261 e. The van der Waals surface area contributed by atoms with E-state index in [1.54, 1.807) is 18.6 Å². The molecule has 0 aliphatic heterocycles. The maximum atomic E-state index is 4.36. The molecule has 2 aromatic heterocycles. The van der Waals surface area contributed by atoms with Crippen LogP contribution in [0, 0.1) is 6.92 Å². The zero-order valence-corrected chi connectivity index (χ0v) is 11.6. The Morgan fingerprint density at radius 3 is 2.65 bits per heavy atom. The molecule has 0 bridgehead atoms. The Kier molecular flexibility index (Phi) is 3.25. The van der Waals surface area contributed by atoms with E-state index in [0.717, 1.165) is 11.3 Å². The molecule has 0 aliphatic carbocycles. The van der Waals surface area contributed by atoms with Gasteiger partial charge in [-0.3, -0.25) is 9.97 Å². The summed E-state index contributed by atoms with van der Waals surface area (Å²) in [6, 6.07) is 12.6. The first-order chi connectivity index (χ1) is 9.75. The highest BCUT2D eigenvalue weighted by Crippen LogP contribution is 2.23. The number of nitrogens with zero attached hydrogens (tertiary/aromatic N) is 3. The molecule has 0 radical (unpaired) electrons. The third-order valence-corrected chi connectivity index (χ3v) is 3.43. The predicted molar refractivity (Wildman–Crippen MR) is 78.8 cm³/mol. The molecule has 0 spiro atoms. The molecule has 3 nitrogen and oxygen atoms in total. The van der Waals surface area contributed by atoms with Crippen LogP contribution in [0.1, 0.15) is 5.56 Å². The maximum Gasteiger partial charge on any atom is 0.213 e. The van der Waals surface area contributed by atoms with Crippen molar-refractivity contribution in [3.63, 3.8) is 0 Å². The summed E-state index contributed by atoms with van der Waals surface area (Å²) in [4.78, 5) is 8.50. The number of aromatic nitrogens is 3. The van der Waals surface area contributed by atoms with Gasteiger partial charge in [0, 0.05) is 35.7 Å². The van der Waals surface area contributed by atoms with Gasteiger partial charge in [-0.2, -0.15) is 0 Å². The third-order valence-electron chi connectivity index (χ3n) is 3.43. The lowest BCUT2D eigenvalue weighted by Gasteiger charge is -2.06. The van der Waals surface area contributed by atoms with E-state index >= 15 is 0 Å². The van der Waals surface area contributed by atoms with Crippen molar-refractivity contribution in [3.05, 3.63) is 66.7 Å². The standard InChI is InChI=1S/C17H16N3/c1-13-5-3-4-6-15(13)17-11-14(7-10-20(17)2)16-12-18-8-9-19-16/h3-12H,1-2H3/q+1. The van der Waals surface area contributed by atoms with Gasteiger partial charge >= 0.3 is 0 Å². The van der Waals surface area contributed by atoms with Gasteiger partial charge in [0.1, 0.15) is 7.05 Å². The van der Waals surface area contributed by atoms with Gasteiger partial charge in [0.05, 0.1) is 11.9 Å². The number of hydrogen-bond donors (Lipinski definition) is 0. The van der Waals surface area contributed by atoms with E-state index in [1.807, 2.05) is 0 Å². The van der Waals surface area contributed by atoms with E-state index in [0.29, 0.717) is 0 Å². The van der Waals surface area contributed by atoms with Crippen molar-refractivity contribution in [2.45, 2.75) is 6.92 Å². The van der Waals surface area contributed by atoms with Crippen molar-refractivity contribution in [3.8, 4) is 22.5 Å². The van der Waals surface area contributed by atoms with Gasteiger partial charge in [0.25, 0.3) is 0 Å². The molecule has 20 heavy (non-hydrogen) atoms. The molecular formula is C17H16N3+. The molecule has 3 rings (SSSR count). The average molecular weight is 262 g/mol. The van der Waals surface area contributed by atoms with Gasteiger partial charge in [-0.25, -0.2) is 4.57 Å². The maximum absolute atomic E-state index is 4.36. The van der Waals surface area contributed by atoms with Crippen molar-refractivity contribution in [2.75, 3.05) is 0 Å². The first-order valence-electron chi connectivity index (χ1n) is 6.58. The molecule has 0 amide bonds. The highest BCUT2D eigenvalue weighted by atomic mass is 14.9. The van der Waals surface area contributed by atoms with Crippen LogP contribution < -0.4 is 4.57 Å². The Bertz CT molecular complexity index is 736. The molecule has 0 saturated heterocycles. The van der Waals surface area contributed by atoms with Gasteiger partial charge in [0.15, 0.2) is 6.20 Å². The van der Waals surface area contributed by atoms with Crippen LogP contribution >= 0.6 is 0 Å². The zero-order chi connectivity index (χ0) is 13.9. The molecule has 1 aromatic carbocycles. The summed E-state index contributed by atoms with van der Waals surface area (Å²) < 4.78 is 2.13. The topological polar surface area (TPSA) is 29.7 Å². The van der Waals surface area contributed by atoms with Crippen molar-refractivity contribution >= 4 is 0 Å². The second-order valence-corrected chi connectivity index (χ2v) is 4.82. The minimum Gasteiger partial charge on any atom is -0.261 e. The quantitative estimate of drug-likeness (QED) is 0.665. The highest BCUT2D eigenvalue weighted by Gasteiger charge is 2.13. The number of benzene rings is 1. The van der Waals surface area contributed by atoms with E-state index in [9.17, 15) is 0 Å². The summed E-state index contributed by atoms with van der Waals surface area (Å²) in [6.07, 6.45) is 7.26. The monoisotopic (exact) mass is 262 g/mol. The van der Waals surface area contributed by atoms with Crippen molar-refractivity contribution in [1.29, 1.82) is 0 Å². The minimum atomic E-state index is 0.892. The second kappa shape index (κ2) is 5.21. The molecule has 0 aliphatic rings. The number of rotatable bonds is 2. The van der Waals surface area contributed by atoms with Crippen LogP contribution in [-0.4, -0.2) is 9.97 Å². The first kappa shape index (κ1) is 12.5. The van der Waals surface area contributed by atoms with E-state index in [-0.39, 0.29) is 0 Å². The van der Waals surface area contributed by atoms with E-state index in [2.05, 4.69) is 71.1 Å². The van der Waals surface area contributed by atoms with Crippen LogP contribution in [0.2, 0.25) is 0 Å². The molecule has 98 valence electrons. The summed E-state index contributed by atoms with van der Waals surface area (Å²) in [5, 5.41) is 0. The third kappa shape index (κ3) is 2.30. The molecule has 3 heteroatoms. The van der Waals surface area contributed by atoms with E-state index < -0.39 is 0 Å². The van der Waals surface area contributed by atoms with Gasteiger partial charge in [-0.15, -0.1) is 0 Å². The molecule has 0 N–H and O–H groups in total. The van der Waals surface area contributed by atoms with Gasteiger partial charge in [-0.05, 0) is 18.6 Å². The Hall–Kier alpha value is -2.55. The van der Waals surface area contributed by atoms with Crippen LogP contribution in [0.4, 0.5) is 0 Å². The summed E-state index contributed by atoms with van der Waals surface area (Å²) in [5.74, 6) is 0. The lowest BCUT2D eigenvalue weighted by Crippen LogP contribution is -2.30. The summed E-state index contributed by atoms with van der Waals surface area (Å²) in [6.45, 7) is 2.13. The summed E-state index contributed by atoms with van der Waals surface area (Å²) in [5.41, 5.74) is 5.64. The Morgan fingerprint density at radius 1 is 1.05 bits per heavy atom. The SMILES string of the molecule is Cc1ccccc1-c1cc(-c2cnccn2)cc[n+]1C. The molecule has 0 unspecified atom stereocenters. The smallest absolute Gasteiger partial charge is 0.213 e. The molecule has 2 heterocycles. The first-order valence-corrected chi connectivity index (χ1v) is 6.58. The Balaban J connectivity index is 2.15. The van der Waals surface area contributed by atoms with Crippen LogP contribution in [0.3, 0.4) is 0 Å². The van der Waals surface area contributed by atoms with Gasteiger partial charge in [0.2, 0.25) is 5.69 Å². The Morgan fingerprint density at radius 2 is 1.90 bits per heavy atom. The van der Waals surface area contributed by atoms with Crippen molar-refractivity contribution in [1.82, 2.24) is 9.97 Å². The van der Waals surface area contributed by atoms with E-state index in [4.69, 9.17) is 0 Å². The van der Waals surface area contributed by atoms with Gasteiger partial charge < -0.3 is 0 Å². The fraction of sp³-hybridized carbons (Fsp3) is 0.118. The average Bonchev–Trinajstić information content (AvgIpc) is 2.49. The van der Waals surface area contributed by atoms with Crippen molar-refractivity contribution < 1.29 is 4.57 Å². The lowest BCUT2D eigenvalue weighted by molar-refractivity contribution is -0.660. The number of pyridine rings is 1.